The highest BCUT2D eigenvalue weighted by atomic mass is 32.2. The first-order valence-electron chi connectivity index (χ1n) is 7.32. The van der Waals surface area contributed by atoms with Crippen LogP contribution in [0.2, 0.25) is 0 Å². The molecule has 1 aliphatic carbocycles. The first-order valence-corrected chi connectivity index (χ1v) is 9.29. The van der Waals surface area contributed by atoms with Crippen molar-refractivity contribution < 1.29 is 14.6 Å². The molecule has 5 heteroatoms. The molecule has 0 aromatic heterocycles. The SMILES string of the molecule is CC[C@]1(O)Cc2c(OC)ccc(OC)c2C2(C1)SCCS2. The van der Waals surface area contributed by atoms with Gasteiger partial charge in [0.25, 0.3) is 0 Å². The van der Waals surface area contributed by atoms with Gasteiger partial charge in [0, 0.05) is 35.5 Å². The molecule has 116 valence electrons. The van der Waals surface area contributed by atoms with Gasteiger partial charge in [-0.1, -0.05) is 6.92 Å². The summed E-state index contributed by atoms with van der Waals surface area (Å²) in [6.45, 7) is 2.07. The van der Waals surface area contributed by atoms with Gasteiger partial charge < -0.3 is 14.6 Å². The molecule has 1 atom stereocenters. The van der Waals surface area contributed by atoms with Crippen molar-refractivity contribution in [1.29, 1.82) is 0 Å². The maximum absolute atomic E-state index is 11.0. The number of hydrogen-bond donors (Lipinski definition) is 1. The second-order valence-corrected chi connectivity index (χ2v) is 8.75. The van der Waals surface area contributed by atoms with Crippen LogP contribution in [0.15, 0.2) is 12.1 Å². The molecule has 21 heavy (non-hydrogen) atoms. The van der Waals surface area contributed by atoms with Crippen LogP contribution in [-0.4, -0.2) is 36.4 Å². The van der Waals surface area contributed by atoms with Crippen molar-refractivity contribution in [2.75, 3.05) is 25.7 Å². The molecule has 1 heterocycles. The number of methoxy groups -OCH3 is 2. The Bertz CT molecular complexity index is 541. The number of aliphatic hydroxyl groups is 1. The van der Waals surface area contributed by atoms with Gasteiger partial charge in [-0.3, -0.25) is 0 Å². The predicted molar refractivity (Wildman–Crippen MR) is 89.7 cm³/mol. The van der Waals surface area contributed by atoms with Gasteiger partial charge in [-0.15, -0.1) is 23.5 Å². The Morgan fingerprint density at radius 3 is 2.33 bits per heavy atom. The molecule has 2 aliphatic rings. The fraction of sp³-hybridized carbons (Fsp3) is 0.625. The molecule has 1 saturated heterocycles. The molecular formula is C16H22O3S2. The highest BCUT2D eigenvalue weighted by Crippen LogP contribution is 2.63. The Labute approximate surface area is 134 Å². The minimum Gasteiger partial charge on any atom is -0.496 e. The summed E-state index contributed by atoms with van der Waals surface area (Å²) in [5.74, 6) is 4.02. The highest BCUT2D eigenvalue weighted by molar-refractivity contribution is 8.20. The standard InChI is InChI=1S/C16H22O3S2/c1-4-15(17)9-11-12(18-2)5-6-13(19-3)14(11)16(10-15)20-7-8-21-16/h5-6,17H,4,7-10H2,1-3H3/t15-/m0/s1. The van der Waals surface area contributed by atoms with Crippen LogP contribution in [0.25, 0.3) is 0 Å². The fourth-order valence-corrected chi connectivity index (χ4v) is 7.06. The lowest BCUT2D eigenvalue weighted by Gasteiger charge is -2.44. The smallest absolute Gasteiger partial charge is 0.124 e. The van der Waals surface area contributed by atoms with Crippen LogP contribution in [0.4, 0.5) is 0 Å². The first-order chi connectivity index (χ1) is 10.1. The Balaban J connectivity index is 2.23. The molecule has 1 fully saturated rings. The fourth-order valence-electron chi connectivity index (χ4n) is 3.43. The summed E-state index contributed by atoms with van der Waals surface area (Å²) in [5, 5.41) is 11.0. The van der Waals surface area contributed by atoms with Crippen LogP contribution in [0, 0.1) is 0 Å². The number of thioether (sulfide) groups is 2. The van der Waals surface area contributed by atoms with E-state index in [1.165, 1.54) is 5.56 Å². The Kier molecular flexibility index (Phi) is 4.10. The Hall–Kier alpha value is -0.520. The summed E-state index contributed by atoms with van der Waals surface area (Å²) in [4.78, 5) is 0. The normalized spacial score (nSPS) is 26.7. The van der Waals surface area contributed by atoms with E-state index in [1.54, 1.807) is 14.2 Å². The van der Waals surface area contributed by atoms with Crippen molar-refractivity contribution >= 4 is 23.5 Å². The largest absolute Gasteiger partial charge is 0.496 e. The van der Waals surface area contributed by atoms with E-state index < -0.39 is 5.60 Å². The Morgan fingerprint density at radius 2 is 1.76 bits per heavy atom. The predicted octanol–water partition coefficient (Wildman–Crippen LogP) is 3.42. The third-order valence-corrected chi connectivity index (χ3v) is 7.94. The molecule has 3 rings (SSSR count). The molecule has 1 N–H and O–H groups in total. The van der Waals surface area contributed by atoms with E-state index >= 15 is 0 Å². The van der Waals surface area contributed by atoms with E-state index in [4.69, 9.17) is 9.47 Å². The van der Waals surface area contributed by atoms with E-state index in [0.717, 1.165) is 41.4 Å². The summed E-state index contributed by atoms with van der Waals surface area (Å²) in [6.07, 6.45) is 2.18. The molecule has 1 aromatic rings. The number of fused-ring (bicyclic) bond motifs is 2. The number of ether oxygens (including phenoxy) is 2. The van der Waals surface area contributed by atoms with E-state index in [0.29, 0.717) is 6.42 Å². The average molecular weight is 326 g/mol. The van der Waals surface area contributed by atoms with E-state index in [-0.39, 0.29) is 4.08 Å². The summed E-state index contributed by atoms with van der Waals surface area (Å²) in [6, 6.07) is 3.95. The van der Waals surface area contributed by atoms with Crippen LogP contribution in [0.3, 0.4) is 0 Å². The summed E-state index contributed by atoms with van der Waals surface area (Å²) in [5.41, 5.74) is 1.70. The topological polar surface area (TPSA) is 38.7 Å². The van der Waals surface area contributed by atoms with Crippen molar-refractivity contribution in [3.8, 4) is 11.5 Å². The summed E-state index contributed by atoms with van der Waals surface area (Å²) >= 11 is 3.88. The van der Waals surface area contributed by atoms with Crippen molar-refractivity contribution in [2.45, 2.75) is 35.9 Å². The molecule has 1 aliphatic heterocycles. The van der Waals surface area contributed by atoms with E-state index in [1.807, 2.05) is 35.7 Å². The van der Waals surface area contributed by atoms with Gasteiger partial charge in [-0.2, -0.15) is 0 Å². The molecule has 1 spiro atoms. The van der Waals surface area contributed by atoms with Crippen LogP contribution in [-0.2, 0) is 10.5 Å². The van der Waals surface area contributed by atoms with Crippen LogP contribution in [0.5, 0.6) is 11.5 Å². The molecule has 0 bridgehead atoms. The summed E-state index contributed by atoms with van der Waals surface area (Å²) in [7, 11) is 3.42. The molecular weight excluding hydrogens is 304 g/mol. The molecule has 0 radical (unpaired) electrons. The van der Waals surface area contributed by atoms with Gasteiger partial charge >= 0.3 is 0 Å². The lowest BCUT2D eigenvalue weighted by Crippen LogP contribution is -2.42. The van der Waals surface area contributed by atoms with Crippen molar-refractivity contribution in [3.05, 3.63) is 23.3 Å². The van der Waals surface area contributed by atoms with Crippen LogP contribution in [0.1, 0.15) is 30.9 Å². The number of rotatable bonds is 3. The lowest BCUT2D eigenvalue weighted by molar-refractivity contribution is 0.0177. The van der Waals surface area contributed by atoms with Gasteiger partial charge in [0.15, 0.2) is 0 Å². The van der Waals surface area contributed by atoms with Gasteiger partial charge in [-0.25, -0.2) is 0 Å². The molecule has 0 saturated carbocycles. The van der Waals surface area contributed by atoms with Gasteiger partial charge in [0.2, 0.25) is 0 Å². The van der Waals surface area contributed by atoms with Crippen molar-refractivity contribution in [3.63, 3.8) is 0 Å². The van der Waals surface area contributed by atoms with Gasteiger partial charge in [0.05, 0.1) is 23.9 Å². The second kappa shape index (κ2) is 5.60. The zero-order chi connectivity index (χ0) is 15.1. The molecule has 0 unspecified atom stereocenters. The monoisotopic (exact) mass is 326 g/mol. The highest BCUT2D eigenvalue weighted by Gasteiger charge is 2.51. The minimum absolute atomic E-state index is 0.0990. The maximum Gasteiger partial charge on any atom is 0.124 e. The third kappa shape index (κ3) is 2.43. The minimum atomic E-state index is -0.656. The summed E-state index contributed by atoms with van der Waals surface area (Å²) < 4.78 is 11.1. The van der Waals surface area contributed by atoms with Gasteiger partial charge in [0.1, 0.15) is 11.5 Å². The molecule has 0 amide bonds. The zero-order valence-corrected chi connectivity index (χ0v) is 14.4. The first kappa shape index (κ1) is 15.4. The number of benzene rings is 1. The molecule has 3 nitrogen and oxygen atoms in total. The molecule has 1 aromatic carbocycles. The van der Waals surface area contributed by atoms with Crippen LogP contribution >= 0.6 is 23.5 Å². The van der Waals surface area contributed by atoms with Crippen molar-refractivity contribution in [2.24, 2.45) is 0 Å². The van der Waals surface area contributed by atoms with E-state index in [9.17, 15) is 5.11 Å². The third-order valence-electron chi connectivity index (χ3n) is 4.53. The van der Waals surface area contributed by atoms with E-state index in [2.05, 4.69) is 6.92 Å². The lowest BCUT2D eigenvalue weighted by atomic mass is 9.77. The zero-order valence-electron chi connectivity index (χ0n) is 12.8. The second-order valence-electron chi connectivity index (χ2n) is 5.70. The van der Waals surface area contributed by atoms with Crippen molar-refractivity contribution in [1.82, 2.24) is 0 Å². The average Bonchev–Trinajstić information content (AvgIpc) is 2.94. The Morgan fingerprint density at radius 1 is 1.14 bits per heavy atom. The van der Waals surface area contributed by atoms with Gasteiger partial charge in [-0.05, 0) is 18.6 Å². The van der Waals surface area contributed by atoms with Crippen LogP contribution < -0.4 is 9.47 Å². The maximum atomic E-state index is 11.0. The quantitative estimate of drug-likeness (QED) is 0.921. The number of hydrogen-bond acceptors (Lipinski definition) is 5.